The first kappa shape index (κ1) is 11.0. The molecule has 0 aromatic carbocycles. The molecule has 1 aromatic heterocycles. The van der Waals surface area contributed by atoms with Crippen molar-refractivity contribution < 1.29 is 23.8 Å². The fourth-order valence-electron chi connectivity index (χ4n) is 1.05. The van der Waals surface area contributed by atoms with Crippen LogP contribution in [0.1, 0.15) is 21.9 Å². The van der Waals surface area contributed by atoms with Crippen molar-refractivity contribution >= 4 is 18.0 Å². The van der Waals surface area contributed by atoms with E-state index in [0.717, 1.165) is 6.08 Å². The van der Waals surface area contributed by atoms with Gasteiger partial charge < -0.3 is 14.3 Å². The van der Waals surface area contributed by atoms with Crippen molar-refractivity contribution in [1.82, 2.24) is 0 Å². The van der Waals surface area contributed by atoms with Crippen LogP contribution in [0.3, 0.4) is 0 Å². The lowest BCUT2D eigenvalue weighted by molar-refractivity contribution is -0.131. The van der Waals surface area contributed by atoms with Crippen LogP contribution in [-0.4, -0.2) is 24.2 Å². The molecule has 1 heterocycles. The minimum Gasteiger partial charge on any atom is -0.478 e. The minimum atomic E-state index is -1.08. The maximum absolute atomic E-state index is 11.2. The van der Waals surface area contributed by atoms with Gasteiger partial charge in [-0.05, 0) is 19.1 Å². The van der Waals surface area contributed by atoms with E-state index in [2.05, 4.69) is 4.74 Å². The first-order valence-electron chi connectivity index (χ1n) is 4.14. The third-order valence-electron chi connectivity index (χ3n) is 1.73. The summed E-state index contributed by atoms with van der Waals surface area (Å²) < 4.78 is 9.65. The molecule has 1 N–H and O–H groups in total. The van der Waals surface area contributed by atoms with E-state index in [4.69, 9.17) is 9.52 Å². The van der Waals surface area contributed by atoms with Crippen LogP contribution >= 0.6 is 0 Å². The lowest BCUT2D eigenvalue weighted by Gasteiger charge is -1.93. The Kier molecular flexibility index (Phi) is 3.28. The third kappa shape index (κ3) is 2.70. The Morgan fingerprint density at radius 3 is 2.73 bits per heavy atom. The van der Waals surface area contributed by atoms with E-state index in [1.807, 2.05) is 0 Å². The van der Waals surface area contributed by atoms with Crippen LogP contribution in [0.25, 0.3) is 6.08 Å². The zero-order valence-electron chi connectivity index (χ0n) is 8.31. The van der Waals surface area contributed by atoms with Crippen molar-refractivity contribution in [1.29, 1.82) is 0 Å². The molecule has 0 aliphatic carbocycles. The molecule has 0 bridgehead atoms. The van der Waals surface area contributed by atoms with Crippen molar-refractivity contribution in [3.05, 3.63) is 29.2 Å². The normalized spacial score (nSPS) is 10.5. The van der Waals surface area contributed by atoms with Crippen molar-refractivity contribution in [2.24, 2.45) is 0 Å². The molecule has 0 fully saturated rings. The van der Waals surface area contributed by atoms with Gasteiger partial charge in [0.15, 0.2) is 0 Å². The SMILES string of the molecule is COC(=O)c1cc(C=CC(=O)O)oc1C. The van der Waals surface area contributed by atoms with E-state index in [0.29, 0.717) is 17.1 Å². The Hall–Kier alpha value is -2.04. The number of hydrogen-bond acceptors (Lipinski definition) is 4. The van der Waals surface area contributed by atoms with E-state index < -0.39 is 11.9 Å². The molecule has 0 atom stereocenters. The number of ether oxygens (including phenoxy) is 1. The molecular formula is C10H10O5. The van der Waals surface area contributed by atoms with Gasteiger partial charge in [-0.25, -0.2) is 9.59 Å². The van der Waals surface area contributed by atoms with Crippen LogP contribution < -0.4 is 0 Å². The zero-order valence-corrected chi connectivity index (χ0v) is 8.31. The molecule has 0 aliphatic rings. The molecule has 1 aromatic rings. The summed E-state index contributed by atoms with van der Waals surface area (Å²) in [6.45, 7) is 1.60. The van der Waals surface area contributed by atoms with Crippen LogP contribution in [0.2, 0.25) is 0 Å². The Bertz CT molecular complexity index is 413. The fraction of sp³-hybridized carbons (Fsp3) is 0.200. The minimum absolute atomic E-state index is 0.294. The van der Waals surface area contributed by atoms with E-state index in [-0.39, 0.29) is 0 Å². The molecule has 0 aliphatic heterocycles. The number of rotatable bonds is 3. The standard InChI is InChI=1S/C10H10O5/c1-6-8(10(13)14-2)5-7(15-6)3-4-9(11)12/h3-5H,1-2H3,(H,11,12). The highest BCUT2D eigenvalue weighted by atomic mass is 16.5. The maximum Gasteiger partial charge on any atom is 0.341 e. The first-order chi connectivity index (χ1) is 7.04. The number of carboxylic acids is 1. The number of aliphatic carboxylic acids is 1. The highest BCUT2D eigenvalue weighted by Gasteiger charge is 2.13. The molecule has 0 spiro atoms. The van der Waals surface area contributed by atoms with Gasteiger partial charge in [0.1, 0.15) is 17.1 Å². The van der Waals surface area contributed by atoms with Gasteiger partial charge in [-0.15, -0.1) is 0 Å². The van der Waals surface area contributed by atoms with Crippen molar-refractivity contribution in [3.8, 4) is 0 Å². The Balaban J connectivity index is 2.95. The third-order valence-corrected chi connectivity index (χ3v) is 1.73. The first-order valence-corrected chi connectivity index (χ1v) is 4.14. The van der Waals surface area contributed by atoms with Gasteiger partial charge in [-0.3, -0.25) is 0 Å². The van der Waals surface area contributed by atoms with E-state index in [1.165, 1.54) is 19.3 Å². The van der Waals surface area contributed by atoms with Gasteiger partial charge in [0, 0.05) is 6.08 Å². The predicted octanol–water partition coefficient (Wildman–Crippen LogP) is 1.47. The molecule has 1 rings (SSSR count). The second-order valence-electron chi connectivity index (χ2n) is 2.78. The summed E-state index contributed by atoms with van der Waals surface area (Å²) in [4.78, 5) is 21.4. The van der Waals surface area contributed by atoms with Crippen LogP contribution in [0.4, 0.5) is 0 Å². The van der Waals surface area contributed by atoms with Gasteiger partial charge in [0.05, 0.1) is 7.11 Å². The molecule has 0 radical (unpaired) electrons. The fourth-order valence-corrected chi connectivity index (χ4v) is 1.05. The second kappa shape index (κ2) is 4.45. The highest BCUT2D eigenvalue weighted by Crippen LogP contribution is 2.16. The molecule has 0 saturated heterocycles. The number of carbonyl (C=O) groups is 2. The van der Waals surface area contributed by atoms with E-state index in [9.17, 15) is 9.59 Å². The average molecular weight is 210 g/mol. The number of carboxylic acid groups (broad SMARTS) is 1. The van der Waals surface area contributed by atoms with Gasteiger partial charge in [-0.2, -0.15) is 0 Å². The van der Waals surface area contributed by atoms with Gasteiger partial charge in [0.25, 0.3) is 0 Å². The van der Waals surface area contributed by atoms with Crippen molar-refractivity contribution in [2.75, 3.05) is 7.11 Å². The largest absolute Gasteiger partial charge is 0.478 e. The quantitative estimate of drug-likeness (QED) is 0.603. The molecule has 80 valence electrons. The lowest BCUT2D eigenvalue weighted by atomic mass is 10.2. The molecule has 0 unspecified atom stereocenters. The number of carbonyl (C=O) groups excluding carboxylic acids is 1. The Morgan fingerprint density at radius 1 is 1.53 bits per heavy atom. The Morgan fingerprint density at radius 2 is 2.20 bits per heavy atom. The Labute approximate surface area is 86.0 Å². The van der Waals surface area contributed by atoms with Crippen LogP contribution in [0, 0.1) is 6.92 Å². The summed E-state index contributed by atoms with van der Waals surface area (Å²) in [5, 5.41) is 8.39. The molecule has 15 heavy (non-hydrogen) atoms. The molecule has 0 saturated carbocycles. The van der Waals surface area contributed by atoms with Crippen LogP contribution in [-0.2, 0) is 9.53 Å². The highest BCUT2D eigenvalue weighted by molar-refractivity contribution is 5.91. The summed E-state index contributed by atoms with van der Waals surface area (Å²) in [5.41, 5.74) is 0.294. The lowest BCUT2D eigenvalue weighted by Crippen LogP contribution is -2.00. The number of esters is 1. The van der Waals surface area contributed by atoms with E-state index in [1.54, 1.807) is 6.92 Å². The van der Waals surface area contributed by atoms with E-state index >= 15 is 0 Å². The number of methoxy groups -OCH3 is 1. The van der Waals surface area contributed by atoms with Gasteiger partial charge in [-0.1, -0.05) is 0 Å². The molecule has 0 amide bonds. The zero-order chi connectivity index (χ0) is 11.4. The molecular weight excluding hydrogens is 200 g/mol. The van der Waals surface area contributed by atoms with Gasteiger partial charge in [0.2, 0.25) is 0 Å². The smallest absolute Gasteiger partial charge is 0.341 e. The maximum atomic E-state index is 11.2. The topological polar surface area (TPSA) is 76.7 Å². The number of hydrogen-bond donors (Lipinski definition) is 1. The summed E-state index contributed by atoms with van der Waals surface area (Å²) in [7, 11) is 1.27. The number of aryl methyl sites for hydroxylation is 1. The van der Waals surface area contributed by atoms with Crippen LogP contribution in [0.5, 0.6) is 0 Å². The molecule has 5 nitrogen and oxygen atoms in total. The second-order valence-corrected chi connectivity index (χ2v) is 2.78. The van der Waals surface area contributed by atoms with Crippen molar-refractivity contribution in [2.45, 2.75) is 6.92 Å². The van der Waals surface area contributed by atoms with Crippen LogP contribution in [0.15, 0.2) is 16.6 Å². The summed E-state index contributed by atoms with van der Waals surface area (Å²) >= 11 is 0. The number of furan rings is 1. The summed E-state index contributed by atoms with van der Waals surface area (Å²) in [6.07, 6.45) is 2.20. The van der Waals surface area contributed by atoms with Gasteiger partial charge >= 0.3 is 11.9 Å². The van der Waals surface area contributed by atoms with Crippen molar-refractivity contribution in [3.63, 3.8) is 0 Å². The predicted molar refractivity (Wildman–Crippen MR) is 51.5 cm³/mol. The molecule has 5 heteroatoms. The monoisotopic (exact) mass is 210 g/mol. The average Bonchev–Trinajstić information content (AvgIpc) is 2.55. The summed E-state index contributed by atoms with van der Waals surface area (Å²) in [5.74, 6) is -0.892. The summed E-state index contributed by atoms with van der Waals surface area (Å²) in [6, 6.07) is 1.43.